The average Bonchev–Trinajstić information content (AvgIpc) is 3.00. The molecule has 0 bridgehead atoms. The lowest BCUT2D eigenvalue weighted by atomic mass is 10.1. The van der Waals surface area contributed by atoms with Crippen LogP contribution in [0.5, 0.6) is 0 Å². The lowest BCUT2D eigenvalue weighted by Crippen LogP contribution is -2.32. The first-order valence-electron chi connectivity index (χ1n) is 7.60. The first kappa shape index (κ1) is 16.9. The number of thiophene rings is 1. The molecule has 2 heterocycles. The molecule has 128 valence electrons. The fraction of sp³-hybridized carbons (Fsp3) is 0.167. The van der Waals surface area contributed by atoms with Gasteiger partial charge in [0.15, 0.2) is 0 Å². The summed E-state index contributed by atoms with van der Waals surface area (Å²) in [5, 5.41) is 5.49. The Kier molecular flexibility index (Phi) is 4.18. The molecule has 7 heteroatoms. The summed E-state index contributed by atoms with van der Waals surface area (Å²) in [6.45, 7) is 3.32. The molecule has 2 amide bonds. The van der Waals surface area contributed by atoms with Crippen LogP contribution in [0.2, 0.25) is 0 Å². The quantitative estimate of drug-likeness (QED) is 0.756. The van der Waals surface area contributed by atoms with E-state index in [9.17, 15) is 14.4 Å². The summed E-state index contributed by atoms with van der Waals surface area (Å²) in [5.41, 5.74) is 6.67. The van der Waals surface area contributed by atoms with Crippen LogP contribution in [0, 0.1) is 13.8 Å². The largest absolute Gasteiger partial charge is 0.365 e. The van der Waals surface area contributed by atoms with Crippen molar-refractivity contribution in [3.63, 3.8) is 0 Å². The molecular formula is C18H17N3O3S. The molecule has 3 aromatic rings. The molecule has 0 aliphatic heterocycles. The third-order valence-corrected chi connectivity index (χ3v) is 5.31. The van der Waals surface area contributed by atoms with Crippen LogP contribution in [0.3, 0.4) is 0 Å². The molecule has 0 unspecified atom stereocenters. The van der Waals surface area contributed by atoms with Gasteiger partial charge in [0.25, 0.3) is 17.4 Å². The van der Waals surface area contributed by atoms with Crippen molar-refractivity contribution in [1.29, 1.82) is 0 Å². The van der Waals surface area contributed by atoms with Crippen molar-refractivity contribution < 1.29 is 9.59 Å². The van der Waals surface area contributed by atoms with Crippen molar-refractivity contribution in [1.82, 2.24) is 4.57 Å². The van der Waals surface area contributed by atoms with E-state index in [0.717, 1.165) is 10.1 Å². The maximum Gasteiger partial charge on any atom is 0.263 e. The number of pyridine rings is 1. The predicted molar refractivity (Wildman–Crippen MR) is 99.5 cm³/mol. The molecular weight excluding hydrogens is 338 g/mol. The molecule has 0 saturated carbocycles. The number of rotatable bonds is 3. The SMILES string of the molecule is Cc1c(NC(=O)c2csc3ccccc23)c(C)n(C)c(=O)c1C(N)=O. The summed E-state index contributed by atoms with van der Waals surface area (Å²) in [6.07, 6.45) is 0. The molecule has 0 spiro atoms. The monoisotopic (exact) mass is 355 g/mol. The van der Waals surface area contributed by atoms with Crippen molar-refractivity contribution in [3.8, 4) is 0 Å². The molecule has 0 radical (unpaired) electrons. The van der Waals surface area contributed by atoms with E-state index < -0.39 is 11.5 Å². The predicted octanol–water partition coefficient (Wildman–Crippen LogP) is 2.57. The highest BCUT2D eigenvalue weighted by Crippen LogP contribution is 2.28. The Morgan fingerprint density at radius 2 is 1.88 bits per heavy atom. The number of primary amides is 1. The number of hydrogen-bond acceptors (Lipinski definition) is 4. The van der Waals surface area contributed by atoms with Gasteiger partial charge in [0.2, 0.25) is 0 Å². The number of benzene rings is 1. The maximum absolute atomic E-state index is 12.8. The van der Waals surface area contributed by atoms with Crippen LogP contribution in [0.25, 0.3) is 10.1 Å². The maximum atomic E-state index is 12.8. The lowest BCUT2D eigenvalue weighted by molar-refractivity contribution is 0.0993. The van der Waals surface area contributed by atoms with Gasteiger partial charge in [-0.25, -0.2) is 0 Å². The van der Waals surface area contributed by atoms with Crippen LogP contribution in [-0.4, -0.2) is 16.4 Å². The van der Waals surface area contributed by atoms with Gasteiger partial charge in [-0.05, 0) is 25.5 Å². The van der Waals surface area contributed by atoms with E-state index in [2.05, 4.69) is 5.32 Å². The Morgan fingerprint density at radius 3 is 2.56 bits per heavy atom. The van der Waals surface area contributed by atoms with Crippen LogP contribution in [-0.2, 0) is 7.05 Å². The van der Waals surface area contributed by atoms with Crippen LogP contribution >= 0.6 is 11.3 Å². The number of carbonyl (C=O) groups is 2. The summed E-state index contributed by atoms with van der Waals surface area (Å²) in [4.78, 5) is 36.7. The molecule has 0 aliphatic rings. The molecule has 0 saturated heterocycles. The molecule has 0 fully saturated rings. The number of carbonyl (C=O) groups excluding carboxylic acids is 2. The number of aromatic nitrogens is 1. The van der Waals surface area contributed by atoms with Gasteiger partial charge in [0, 0.05) is 28.2 Å². The lowest BCUT2D eigenvalue weighted by Gasteiger charge is -2.17. The van der Waals surface area contributed by atoms with Gasteiger partial charge >= 0.3 is 0 Å². The Balaban J connectivity index is 2.10. The topological polar surface area (TPSA) is 94.2 Å². The Morgan fingerprint density at radius 1 is 1.20 bits per heavy atom. The van der Waals surface area contributed by atoms with Gasteiger partial charge in [-0.2, -0.15) is 0 Å². The van der Waals surface area contributed by atoms with Crippen LogP contribution in [0.4, 0.5) is 5.69 Å². The number of fused-ring (bicyclic) bond motifs is 1. The summed E-state index contributed by atoms with van der Waals surface area (Å²) < 4.78 is 2.33. The van der Waals surface area contributed by atoms with E-state index in [1.54, 1.807) is 26.3 Å². The van der Waals surface area contributed by atoms with E-state index in [-0.39, 0.29) is 11.5 Å². The summed E-state index contributed by atoms with van der Waals surface area (Å²) >= 11 is 1.48. The van der Waals surface area contributed by atoms with Crippen molar-refractivity contribution >= 4 is 38.9 Å². The van der Waals surface area contributed by atoms with E-state index in [4.69, 9.17) is 5.73 Å². The standard InChI is InChI=1S/C18H17N3O3S/c1-9-14(16(19)22)18(24)21(3)10(2)15(9)20-17(23)12-8-25-13-7-5-4-6-11(12)13/h4-8H,1-3H3,(H2,19,22)(H,20,23). The van der Waals surface area contributed by atoms with Crippen molar-refractivity contribution in [2.24, 2.45) is 12.8 Å². The molecule has 2 aromatic heterocycles. The fourth-order valence-corrected chi connectivity index (χ4v) is 3.79. The van der Waals surface area contributed by atoms with E-state index in [1.807, 2.05) is 24.3 Å². The molecule has 0 aliphatic carbocycles. The van der Waals surface area contributed by atoms with E-state index in [1.165, 1.54) is 15.9 Å². The van der Waals surface area contributed by atoms with Crippen LogP contribution in [0.15, 0.2) is 34.4 Å². The third-order valence-electron chi connectivity index (χ3n) is 4.34. The van der Waals surface area contributed by atoms with Crippen LogP contribution in [0.1, 0.15) is 32.0 Å². The minimum atomic E-state index is -0.811. The minimum Gasteiger partial charge on any atom is -0.365 e. The third kappa shape index (κ3) is 2.72. The van der Waals surface area contributed by atoms with Gasteiger partial charge in [0.1, 0.15) is 5.56 Å². The first-order chi connectivity index (χ1) is 11.8. The van der Waals surface area contributed by atoms with Gasteiger partial charge in [-0.15, -0.1) is 11.3 Å². The Labute approximate surface area is 147 Å². The molecule has 1 aromatic carbocycles. The molecule has 3 N–H and O–H groups in total. The second kappa shape index (κ2) is 6.18. The zero-order valence-electron chi connectivity index (χ0n) is 14.0. The highest BCUT2D eigenvalue weighted by Gasteiger charge is 2.21. The smallest absolute Gasteiger partial charge is 0.263 e. The highest BCUT2D eigenvalue weighted by atomic mass is 32.1. The van der Waals surface area contributed by atoms with Gasteiger partial charge in [-0.3, -0.25) is 14.4 Å². The number of amides is 2. The summed E-state index contributed by atoms with van der Waals surface area (Å²) in [5.74, 6) is -1.10. The minimum absolute atomic E-state index is 0.112. The number of nitrogens with one attached hydrogen (secondary N) is 1. The zero-order chi connectivity index (χ0) is 18.3. The van der Waals surface area contributed by atoms with Gasteiger partial charge < -0.3 is 15.6 Å². The van der Waals surface area contributed by atoms with Gasteiger partial charge in [-0.1, -0.05) is 18.2 Å². The molecule has 25 heavy (non-hydrogen) atoms. The summed E-state index contributed by atoms with van der Waals surface area (Å²) in [7, 11) is 1.54. The van der Waals surface area contributed by atoms with E-state index >= 15 is 0 Å². The average molecular weight is 355 g/mol. The summed E-state index contributed by atoms with van der Waals surface area (Å²) in [6, 6.07) is 7.63. The second-order valence-corrected chi connectivity index (χ2v) is 6.70. The number of anilines is 1. The second-order valence-electron chi connectivity index (χ2n) is 5.79. The van der Waals surface area contributed by atoms with Crippen molar-refractivity contribution in [3.05, 3.63) is 62.4 Å². The normalized spacial score (nSPS) is 10.8. The number of hydrogen-bond donors (Lipinski definition) is 2. The zero-order valence-corrected chi connectivity index (χ0v) is 14.9. The first-order valence-corrected chi connectivity index (χ1v) is 8.48. The van der Waals surface area contributed by atoms with Crippen LogP contribution < -0.4 is 16.6 Å². The highest BCUT2D eigenvalue weighted by molar-refractivity contribution is 7.17. The Bertz CT molecular complexity index is 1080. The number of nitrogens with zero attached hydrogens (tertiary/aromatic N) is 1. The van der Waals surface area contributed by atoms with Gasteiger partial charge in [0.05, 0.1) is 11.3 Å². The fourth-order valence-electron chi connectivity index (χ4n) is 2.85. The molecule has 3 rings (SSSR count). The Hall–Kier alpha value is -2.93. The molecule has 6 nitrogen and oxygen atoms in total. The van der Waals surface area contributed by atoms with Crippen molar-refractivity contribution in [2.75, 3.05) is 5.32 Å². The van der Waals surface area contributed by atoms with Crippen molar-refractivity contribution in [2.45, 2.75) is 13.8 Å². The molecule has 0 atom stereocenters. The number of nitrogens with two attached hydrogens (primary N) is 1. The van der Waals surface area contributed by atoms with E-state index in [0.29, 0.717) is 22.5 Å².